The summed E-state index contributed by atoms with van der Waals surface area (Å²) >= 11 is 8.77. The first kappa shape index (κ1) is 11.0. The van der Waals surface area contributed by atoms with Gasteiger partial charge in [0.15, 0.2) is 0 Å². The fraction of sp³-hybridized carbons (Fsp3) is 0.167. The van der Waals surface area contributed by atoms with Crippen LogP contribution >= 0.6 is 39.9 Å². The molecule has 1 heterocycles. The van der Waals surface area contributed by atoms with Crippen molar-refractivity contribution in [3.63, 3.8) is 0 Å². The molecular weight excluding hydrogens is 251 g/mol. The zero-order valence-corrected chi connectivity index (χ0v) is 8.71. The SMILES string of the molecule is Cl.Nc1cc(Br)cnc1CCl. The Morgan fingerprint density at radius 1 is 1.64 bits per heavy atom. The molecule has 2 N–H and O–H groups in total. The molecule has 0 aliphatic rings. The van der Waals surface area contributed by atoms with Crippen molar-refractivity contribution in [3.05, 3.63) is 22.4 Å². The van der Waals surface area contributed by atoms with E-state index in [0.29, 0.717) is 11.6 Å². The van der Waals surface area contributed by atoms with Gasteiger partial charge in [0, 0.05) is 10.7 Å². The molecule has 0 aliphatic carbocycles. The highest BCUT2D eigenvalue weighted by atomic mass is 79.9. The first-order valence-corrected chi connectivity index (χ1v) is 4.02. The molecule has 0 bridgehead atoms. The Balaban J connectivity index is 0.000001000. The van der Waals surface area contributed by atoms with Crippen LogP contribution in [0.15, 0.2) is 16.7 Å². The molecule has 0 radical (unpaired) electrons. The van der Waals surface area contributed by atoms with Crippen LogP contribution in [0.4, 0.5) is 5.69 Å². The molecule has 0 saturated carbocycles. The molecular formula is C6H7BrCl2N2. The van der Waals surface area contributed by atoms with Gasteiger partial charge in [-0.15, -0.1) is 24.0 Å². The summed E-state index contributed by atoms with van der Waals surface area (Å²) in [4.78, 5) is 3.99. The number of hydrogen-bond donors (Lipinski definition) is 1. The van der Waals surface area contributed by atoms with Crippen molar-refractivity contribution < 1.29 is 0 Å². The van der Waals surface area contributed by atoms with Gasteiger partial charge in [0.25, 0.3) is 0 Å². The van der Waals surface area contributed by atoms with Crippen molar-refractivity contribution in [1.29, 1.82) is 0 Å². The summed E-state index contributed by atoms with van der Waals surface area (Å²) in [6.45, 7) is 0. The van der Waals surface area contributed by atoms with Gasteiger partial charge in [-0.1, -0.05) is 0 Å². The highest BCUT2D eigenvalue weighted by Crippen LogP contribution is 2.16. The van der Waals surface area contributed by atoms with Crippen LogP contribution in [0.2, 0.25) is 0 Å². The molecule has 11 heavy (non-hydrogen) atoms. The number of nitrogens with two attached hydrogens (primary N) is 1. The van der Waals surface area contributed by atoms with E-state index in [4.69, 9.17) is 17.3 Å². The van der Waals surface area contributed by atoms with Crippen LogP contribution in [-0.2, 0) is 5.88 Å². The number of nitrogens with zero attached hydrogens (tertiary/aromatic N) is 1. The first-order chi connectivity index (χ1) is 4.74. The van der Waals surface area contributed by atoms with Crippen LogP contribution < -0.4 is 5.73 Å². The smallest absolute Gasteiger partial charge is 0.0780 e. The maximum atomic E-state index is 5.55. The lowest BCUT2D eigenvalue weighted by Gasteiger charge is -1.99. The molecule has 0 atom stereocenters. The van der Waals surface area contributed by atoms with Gasteiger partial charge in [-0.3, -0.25) is 4.98 Å². The van der Waals surface area contributed by atoms with Gasteiger partial charge in [-0.05, 0) is 22.0 Å². The summed E-state index contributed by atoms with van der Waals surface area (Å²) < 4.78 is 0.874. The number of aromatic nitrogens is 1. The molecule has 2 nitrogen and oxygen atoms in total. The molecule has 0 aromatic carbocycles. The highest BCUT2D eigenvalue weighted by molar-refractivity contribution is 9.10. The summed E-state index contributed by atoms with van der Waals surface area (Å²) in [6.07, 6.45) is 1.67. The monoisotopic (exact) mass is 256 g/mol. The lowest BCUT2D eigenvalue weighted by Crippen LogP contribution is -1.94. The topological polar surface area (TPSA) is 38.9 Å². The second-order valence-electron chi connectivity index (χ2n) is 1.82. The van der Waals surface area contributed by atoms with Crippen LogP contribution in [0.3, 0.4) is 0 Å². The second-order valence-corrected chi connectivity index (χ2v) is 3.01. The number of anilines is 1. The van der Waals surface area contributed by atoms with Crippen molar-refractivity contribution >= 4 is 45.6 Å². The zero-order valence-electron chi connectivity index (χ0n) is 5.55. The van der Waals surface area contributed by atoms with Gasteiger partial charge < -0.3 is 5.73 Å². The number of halogens is 3. The molecule has 0 unspecified atom stereocenters. The second kappa shape index (κ2) is 4.80. The normalized spacial score (nSPS) is 8.91. The molecule has 5 heteroatoms. The molecule has 1 aromatic rings. The maximum Gasteiger partial charge on any atom is 0.0780 e. The highest BCUT2D eigenvalue weighted by Gasteiger charge is 1.97. The van der Waals surface area contributed by atoms with E-state index in [1.165, 1.54) is 0 Å². The summed E-state index contributed by atoms with van der Waals surface area (Å²) in [7, 11) is 0. The van der Waals surface area contributed by atoms with E-state index >= 15 is 0 Å². The average Bonchev–Trinajstić information content (AvgIpc) is 1.88. The van der Waals surface area contributed by atoms with E-state index in [0.717, 1.165) is 10.2 Å². The number of alkyl halides is 1. The van der Waals surface area contributed by atoms with E-state index in [2.05, 4.69) is 20.9 Å². The van der Waals surface area contributed by atoms with Gasteiger partial charge in [-0.25, -0.2) is 0 Å². The van der Waals surface area contributed by atoms with E-state index in [1.807, 2.05) is 0 Å². The van der Waals surface area contributed by atoms with Crippen molar-refractivity contribution in [3.8, 4) is 0 Å². The fourth-order valence-electron chi connectivity index (χ4n) is 0.595. The quantitative estimate of drug-likeness (QED) is 0.786. The summed E-state index contributed by atoms with van der Waals surface area (Å²) in [6, 6.07) is 1.78. The molecule has 1 rings (SSSR count). The Hall–Kier alpha value is 0.01000. The molecule has 0 fully saturated rings. The lowest BCUT2D eigenvalue weighted by molar-refractivity contribution is 1.17. The van der Waals surface area contributed by atoms with Gasteiger partial charge in [0.05, 0.1) is 17.3 Å². The van der Waals surface area contributed by atoms with E-state index in [1.54, 1.807) is 12.3 Å². The molecule has 0 aliphatic heterocycles. The van der Waals surface area contributed by atoms with Crippen LogP contribution in [0.1, 0.15) is 5.69 Å². The van der Waals surface area contributed by atoms with Gasteiger partial charge in [0.1, 0.15) is 0 Å². The van der Waals surface area contributed by atoms with Crippen LogP contribution in [0, 0.1) is 0 Å². The lowest BCUT2D eigenvalue weighted by atomic mass is 10.3. The van der Waals surface area contributed by atoms with Gasteiger partial charge in [0.2, 0.25) is 0 Å². The molecule has 0 saturated heterocycles. The molecule has 0 amide bonds. The average molecular weight is 258 g/mol. The number of hydrogen-bond acceptors (Lipinski definition) is 2. The maximum absolute atomic E-state index is 5.55. The standard InChI is InChI=1S/C6H6BrClN2.ClH/c7-4-1-5(9)6(2-8)10-3-4;/h1,3H,2,9H2;1H. The number of pyridine rings is 1. The summed E-state index contributed by atoms with van der Waals surface area (Å²) in [5.41, 5.74) is 6.91. The Kier molecular flexibility index (Phi) is 4.81. The minimum atomic E-state index is 0. The summed E-state index contributed by atoms with van der Waals surface area (Å²) in [5, 5.41) is 0. The Labute approximate surface area is 84.7 Å². The zero-order chi connectivity index (χ0) is 7.56. The van der Waals surface area contributed by atoms with Crippen molar-refractivity contribution in [1.82, 2.24) is 4.98 Å². The van der Waals surface area contributed by atoms with Crippen molar-refractivity contribution in [2.24, 2.45) is 0 Å². The third-order valence-electron chi connectivity index (χ3n) is 1.10. The molecule has 1 aromatic heterocycles. The van der Waals surface area contributed by atoms with Crippen LogP contribution in [-0.4, -0.2) is 4.98 Å². The van der Waals surface area contributed by atoms with Crippen LogP contribution in [0.25, 0.3) is 0 Å². The van der Waals surface area contributed by atoms with Crippen molar-refractivity contribution in [2.75, 3.05) is 5.73 Å². The van der Waals surface area contributed by atoms with Crippen LogP contribution in [0.5, 0.6) is 0 Å². The minimum absolute atomic E-state index is 0. The minimum Gasteiger partial charge on any atom is -0.397 e. The van der Waals surface area contributed by atoms with Gasteiger partial charge >= 0.3 is 0 Å². The third kappa shape index (κ3) is 2.85. The number of nitrogen functional groups attached to an aromatic ring is 1. The largest absolute Gasteiger partial charge is 0.397 e. The van der Waals surface area contributed by atoms with Gasteiger partial charge in [-0.2, -0.15) is 0 Å². The molecule has 62 valence electrons. The summed E-state index contributed by atoms with van der Waals surface area (Å²) in [5.74, 6) is 0.360. The third-order valence-corrected chi connectivity index (χ3v) is 1.78. The molecule has 0 spiro atoms. The fourth-order valence-corrected chi connectivity index (χ4v) is 1.17. The van der Waals surface area contributed by atoms with E-state index < -0.39 is 0 Å². The Morgan fingerprint density at radius 2 is 2.27 bits per heavy atom. The van der Waals surface area contributed by atoms with Crippen molar-refractivity contribution in [2.45, 2.75) is 5.88 Å². The van der Waals surface area contributed by atoms with E-state index in [9.17, 15) is 0 Å². The predicted molar refractivity (Wildman–Crippen MR) is 53.2 cm³/mol. The Bertz CT molecular complexity index is 242. The number of rotatable bonds is 1. The predicted octanol–water partition coefficient (Wildman–Crippen LogP) is 2.59. The first-order valence-electron chi connectivity index (χ1n) is 2.70. The van der Waals surface area contributed by atoms with E-state index in [-0.39, 0.29) is 12.4 Å². The Morgan fingerprint density at radius 3 is 2.73 bits per heavy atom.